The number of hydrogen-bond acceptors (Lipinski definition) is 2. The van der Waals surface area contributed by atoms with Crippen molar-refractivity contribution in [3.8, 4) is 0 Å². The van der Waals surface area contributed by atoms with Gasteiger partial charge in [0.1, 0.15) is 0 Å². The van der Waals surface area contributed by atoms with Crippen molar-refractivity contribution in [2.24, 2.45) is 16.6 Å². The number of amides is 1. The van der Waals surface area contributed by atoms with E-state index in [9.17, 15) is 9.59 Å². The SMILES string of the molecule is CC/C=C/C(C)(CC(C)(C)C(=O)O)C(N)=O. The Morgan fingerprint density at radius 3 is 2.12 bits per heavy atom. The number of nitrogens with two attached hydrogens (primary N) is 1. The largest absolute Gasteiger partial charge is 0.481 e. The first-order valence-electron chi connectivity index (χ1n) is 5.37. The van der Waals surface area contributed by atoms with E-state index < -0.39 is 22.7 Å². The topological polar surface area (TPSA) is 80.4 Å². The van der Waals surface area contributed by atoms with Crippen LogP contribution in [0.2, 0.25) is 0 Å². The van der Waals surface area contributed by atoms with Gasteiger partial charge in [-0.2, -0.15) is 0 Å². The van der Waals surface area contributed by atoms with Crippen LogP contribution in [-0.2, 0) is 9.59 Å². The molecule has 0 aromatic heterocycles. The third kappa shape index (κ3) is 3.68. The molecular weight excluding hydrogens is 206 g/mol. The highest BCUT2D eigenvalue weighted by Crippen LogP contribution is 2.35. The van der Waals surface area contributed by atoms with Gasteiger partial charge in [0.25, 0.3) is 0 Å². The van der Waals surface area contributed by atoms with Gasteiger partial charge in [0.05, 0.1) is 10.8 Å². The van der Waals surface area contributed by atoms with Gasteiger partial charge in [-0.3, -0.25) is 9.59 Å². The molecule has 0 aliphatic carbocycles. The summed E-state index contributed by atoms with van der Waals surface area (Å²) in [6.07, 6.45) is 4.53. The van der Waals surface area contributed by atoms with Crippen molar-refractivity contribution < 1.29 is 14.7 Å². The third-order valence-corrected chi connectivity index (χ3v) is 2.67. The lowest BCUT2D eigenvalue weighted by Gasteiger charge is -2.30. The summed E-state index contributed by atoms with van der Waals surface area (Å²) in [6.45, 7) is 6.80. The minimum atomic E-state index is -0.970. The molecule has 92 valence electrons. The minimum Gasteiger partial charge on any atom is -0.481 e. The van der Waals surface area contributed by atoms with Crippen LogP contribution in [0.25, 0.3) is 0 Å². The predicted molar refractivity (Wildman–Crippen MR) is 62.8 cm³/mol. The Hall–Kier alpha value is -1.32. The van der Waals surface area contributed by atoms with E-state index in [1.807, 2.05) is 13.0 Å². The van der Waals surface area contributed by atoms with Crippen LogP contribution in [0.5, 0.6) is 0 Å². The molecule has 4 nitrogen and oxygen atoms in total. The number of carboxylic acids is 1. The van der Waals surface area contributed by atoms with Gasteiger partial charge in [-0.15, -0.1) is 0 Å². The molecule has 0 radical (unpaired) electrons. The van der Waals surface area contributed by atoms with Crippen LogP contribution in [-0.4, -0.2) is 17.0 Å². The lowest BCUT2D eigenvalue weighted by Crippen LogP contribution is -2.39. The maximum Gasteiger partial charge on any atom is 0.309 e. The zero-order chi connectivity index (χ0) is 13.0. The summed E-state index contributed by atoms with van der Waals surface area (Å²) < 4.78 is 0. The van der Waals surface area contributed by atoms with E-state index in [1.54, 1.807) is 26.8 Å². The summed E-state index contributed by atoms with van der Waals surface area (Å²) >= 11 is 0. The molecule has 0 aromatic rings. The van der Waals surface area contributed by atoms with Crippen molar-refractivity contribution >= 4 is 11.9 Å². The van der Waals surface area contributed by atoms with E-state index in [2.05, 4.69) is 0 Å². The molecule has 0 spiro atoms. The van der Waals surface area contributed by atoms with Gasteiger partial charge in [0.2, 0.25) is 5.91 Å². The van der Waals surface area contributed by atoms with E-state index in [0.29, 0.717) is 0 Å². The Labute approximate surface area is 96.5 Å². The summed E-state index contributed by atoms with van der Waals surface area (Å²) in [7, 11) is 0. The Balaban J connectivity index is 5.03. The van der Waals surface area contributed by atoms with E-state index in [0.717, 1.165) is 6.42 Å². The number of carbonyl (C=O) groups excluding carboxylic acids is 1. The molecule has 0 rings (SSSR count). The van der Waals surface area contributed by atoms with E-state index in [4.69, 9.17) is 10.8 Å². The van der Waals surface area contributed by atoms with Gasteiger partial charge >= 0.3 is 5.97 Å². The molecule has 3 N–H and O–H groups in total. The second kappa shape index (κ2) is 5.14. The van der Waals surface area contributed by atoms with E-state index >= 15 is 0 Å². The Bertz CT molecular complexity index is 307. The average Bonchev–Trinajstić information content (AvgIpc) is 2.13. The van der Waals surface area contributed by atoms with Crippen LogP contribution in [0, 0.1) is 10.8 Å². The highest BCUT2D eigenvalue weighted by Gasteiger charge is 2.39. The van der Waals surface area contributed by atoms with Crippen molar-refractivity contribution in [3.63, 3.8) is 0 Å². The van der Waals surface area contributed by atoms with E-state index in [-0.39, 0.29) is 6.42 Å². The van der Waals surface area contributed by atoms with E-state index in [1.165, 1.54) is 0 Å². The molecule has 1 amide bonds. The molecule has 0 bridgehead atoms. The second-order valence-electron chi connectivity index (χ2n) is 4.96. The minimum absolute atomic E-state index is 0.196. The fourth-order valence-electron chi connectivity index (χ4n) is 1.60. The summed E-state index contributed by atoms with van der Waals surface area (Å²) in [4.78, 5) is 22.4. The molecule has 0 fully saturated rings. The van der Waals surface area contributed by atoms with Gasteiger partial charge in [0.15, 0.2) is 0 Å². The first-order valence-corrected chi connectivity index (χ1v) is 5.37. The Kier molecular flexibility index (Phi) is 4.72. The molecule has 1 atom stereocenters. The lowest BCUT2D eigenvalue weighted by atomic mass is 9.73. The number of carbonyl (C=O) groups is 2. The summed E-state index contributed by atoms with van der Waals surface area (Å²) in [5.74, 6) is -1.42. The molecule has 16 heavy (non-hydrogen) atoms. The van der Waals surface area contributed by atoms with Crippen molar-refractivity contribution in [2.45, 2.75) is 40.5 Å². The standard InChI is InChI=1S/C12H21NO3/c1-5-6-7-12(4,9(13)14)8-11(2,3)10(15)16/h6-7H,5,8H2,1-4H3,(H2,13,14)(H,15,16)/b7-6+. The predicted octanol–water partition coefficient (Wildman–Crippen LogP) is 1.95. The smallest absolute Gasteiger partial charge is 0.309 e. The molecule has 1 unspecified atom stereocenters. The molecule has 0 aliphatic rings. The first-order chi connectivity index (χ1) is 7.15. The number of hydrogen-bond donors (Lipinski definition) is 2. The van der Waals surface area contributed by atoms with Crippen LogP contribution in [0.4, 0.5) is 0 Å². The molecule has 0 aliphatic heterocycles. The summed E-state index contributed by atoms with van der Waals surface area (Å²) in [5, 5.41) is 9.04. The molecule has 0 saturated carbocycles. The Morgan fingerprint density at radius 1 is 1.31 bits per heavy atom. The number of primary amides is 1. The van der Waals surface area contributed by atoms with Crippen molar-refractivity contribution in [1.29, 1.82) is 0 Å². The molecule has 0 heterocycles. The fraction of sp³-hybridized carbons (Fsp3) is 0.667. The van der Waals surface area contributed by atoms with Gasteiger partial charge in [0, 0.05) is 0 Å². The summed E-state index contributed by atoms with van der Waals surface area (Å²) in [6, 6.07) is 0. The number of aliphatic carboxylic acids is 1. The number of carboxylic acid groups (broad SMARTS) is 1. The summed E-state index contributed by atoms with van der Waals surface area (Å²) in [5.41, 5.74) is 3.46. The highest BCUT2D eigenvalue weighted by atomic mass is 16.4. The maximum atomic E-state index is 11.4. The quantitative estimate of drug-likeness (QED) is 0.680. The van der Waals surface area contributed by atoms with Gasteiger partial charge in [-0.05, 0) is 33.6 Å². The normalized spacial score (nSPS) is 16.0. The number of rotatable bonds is 6. The molecule has 0 aromatic carbocycles. The monoisotopic (exact) mass is 227 g/mol. The van der Waals surface area contributed by atoms with Gasteiger partial charge in [-0.25, -0.2) is 0 Å². The van der Waals surface area contributed by atoms with Gasteiger partial charge < -0.3 is 10.8 Å². The number of allylic oxidation sites excluding steroid dienone is 1. The highest BCUT2D eigenvalue weighted by molar-refractivity contribution is 5.84. The van der Waals surface area contributed by atoms with Crippen LogP contribution in [0.3, 0.4) is 0 Å². The van der Waals surface area contributed by atoms with Crippen molar-refractivity contribution in [1.82, 2.24) is 0 Å². The molecular formula is C12H21NO3. The molecule has 4 heteroatoms. The fourth-order valence-corrected chi connectivity index (χ4v) is 1.60. The lowest BCUT2D eigenvalue weighted by molar-refractivity contribution is -0.149. The van der Waals surface area contributed by atoms with Crippen LogP contribution < -0.4 is 5.73 Å². The van der Waals surface area contributed by atoms with Gasteiger partial charge in [-0.1, -0.05) is 19.1 Å². The maximum absolute atomic E-state index is 11.4. The Morgan fingerprint density at radius 2 is 1.81 bits per heavy atom. The van der Waals surface area contributed by atoms with Crippen molar-refractivity contribution in [3.05, 3.63) is 12.2 Å². The van der Waals surface area contributed by atoms with Crippen LogP contribution >= 0.6 is 0 Å². The van der Waals surface area contributed by atoms with Crippen LogP contribution in [0.1, 0.15) is 40.5 Å². The second-order valence-corrected chi connectivity index (χ2v) is 4.96. The molecule has 0 saturated heterocycles. The zero-order valence-corrected chi connectivity index (χ0v) is 10.4. The zero-order valence-electron chi connectivity index (χ0n) is 10.4. The van der Waals surface area contributed by atoms with Crippen LogP contribution in [0.15, 0.2) is 12.2 Å². The average molecular weight is 227 g/mol. The van der Waals surface area contributed by atoms with Crippen molar-refractivity contribution in [2.75, 3.05) is 0 Å². The third-order valence-electron chi connectivity index (χ3n) is 2.67. The first kappa shape index (κ1) is 14.7.